The highest BCUT2D eigenvalue weighted by Crippen LogP contribution is 2.11. The molecule has 1 unspecified atom stereocenters. The molecule has 3 nitrogen and oxygen atoms in total. The third-order valence-electron chi connectivity index (χ3n) is 3.38. The molecule has 0 saturated heterocycles. The Morgan fingerprint density at radius 1 is 1.15 bits per heavy atom. The minimum Gasteiger partial charge on any atom is -0.481 e. The molecule has 0 aliphatic heterocycles. The van der Waals surface area contributed by atoms with Crippen LogP contribution in [0.25, 0.3) is 0 Å². The number of carboxylic acid groups (broad SMARTS) is 1. The summed E-state index contributed by atoms with van der Waals surface area (Å²) in [6.45, 7) is 4.93. The fourth-order valence-electron chi connectivity index (χ4n) is 2.11. The van der Waals surface area contributed by atoms with Gasteiger partial charge in [0.1, 0.15) is 0 Å². The zero-order chi connectivity index (χ0) is 14.8. The predicted molar refractivity (Wildman–Crippen MR) is 80.8 cm³/mol. The Bertz CT molecular complexity index is 384. The van der Waals surface area contributed by atoms with Crippen LogP contribution in [-0.2, 0) is 22.6 Å². The lowest BCUT2D eigenvalue weighted by atomic mass is 10.1. The molecule has 0 saturated carbocycles. The van der Waals surface area contributed by atoms with Crippen LogP contribution in [0, 0.1) is 0 Å². The van der Waals surface area contributed by atoms with E-state index in [4.69, 9.17) is 9.84 Å². The van der Waals surface area contributed by atoms with Gasteiger partial charge >= 0.3 is 5.97 Å². The van der Waals surface area contributed by atoms with Gasteiger partial charge in [0.25, 0.3) is 0 Å². The molecule has 1 rings (SSSR count). The van der Waals surface area contributed by atoms with Crippen LogP contribution in [0.3, 0.4) is 0 Å². The van der Waals surface area contributed by atoms with Crippen LogP contribution >= 0.6 is 0 Å². The second-order valence-electron chi connectivity index (χ2n) is 5.36. The molecule has 0 radical (unpaired) electrons. The first-order valence-electron chi connectivity index (χ1n) is 7.53. The van der Waals surface area contributed by atoms with Crippen LogP contribution in [0.4, 0.5) is 0 Å². The highest BCUT2D eigenvalue weighted by atomic mass is 16.5. The predicted octanol–water partition coefficient (Wildman–Crippen LogP) is 4.19. The zero-order valence-electron chi connectivity index (χ0n) is 12.6. The second-order valence-corrected chi connectivity index (χ2v) is 5.36. The molecule has 0 aliphatic carbocycles. The smallest absolute Gasteiger partial charge is 0.307 e. The number of rotatable bonds is 10. The molecule has 1 atom stereocenters. The first kappa shape index (κ1) is 16.7. The second kappa shape index (κ2) is 9.54. The van der Waals surface area contributed by atoms with Crippen molar-refractivity contribution in [2.24, 2.45) is 0 Å². The topological polar surface area (TPSA) is 46.5 Å². The van der Waals surface area contributed by atoms with Gasteiger partial charge in [-0.1, -0.05) is 56.9 Å². The number of carboxylic acids is 1. The Labute approximate surface area is 122 Å². The number of ether oxygens (including phenoxy) is 1. The third-order valence-corrected chi connectivity index (χ3v) is 3.38. The summed E-state index contributed by atoms with van der Waals surface area (Å²) in [4.78, 5) is 10.6. The van der Waals surface area contributed by atoms with Gasteiger partial charge in [0.15, 0.2) is 0 Å². The summed E-state index contributed by atoms with van der Waals surface area (Å²) in [6, 6.07) is 7.61. The summed E-state index contributed by atoms with van der Waals surface area (Å²) in [5.41, 5.74) is 1.92. The molecule has 0 aliphatic rings. The van der Waals surface area contributed by atoms with Crippen molar-refractivity contribution in [2.75, 3.05) is 0 Å². The Hall–Kier alpha value is -1.35. The fraction of sp³-hybridized carbons (Fsp3) is 0.588. The average molecular weight is 278 g/mol. The molecule has 1 aromatic rings. The van der Waals surface area contributed by atoms with Crippen molar-refractivity contribution < 1.29 is 14.6 Å². The van der Waals surface area contributed by atoms with Gasteiger partial charge in [-0.2, -0.15) is 0 Å². The molecule has 0 fully saturated rings. The van der Waals surface area contributed by atoms with Crippen molar-refractivity contribution in [1.82, 2.24) is 0 Å². The number of carbonyl (C=O) groups is 1. The molecule has 0 heterocycles. The first-order chi connectivity index (χ1) is 9.61. The van der Waals surface area contributed by atoms with Gasteiger partial charge in [-0.25, -0.2) is 0 Å². The quantitative estimate of drug-likeness (QED) is 0.653. The van der Waals surface area contributed by atoms with E-state index in [0.717, 1.165) is 17.5 Å². The van der Waals surface area contributed by atoms with Crippen LogP contribution in [0.5, 0.6) is 0 Å². The number of unbranched alkanes of at least 4 members (excludes halogenated alkanes) is 3. The molecule has 112 valence electrons. The van der Waals surface area contributed by atoms with Crippen molar-refractivity contribution in [3.63, 3.8) is 0 Å². The zero-order valence-corrected chi connectivity index (χ0v) is 12.6. The molecule has 0 amide bonds. The van der Waals surface area contributed by atoms with Gasteiger partial charge in [-0.3, -0.25) is 4.79 Å². The minimum absolute atomic E-state index is 0.0783. The summed E-state index contributed by atoms with van der Waals surface area (Å²) < 4.78 is 5.81. The van der Waals surface area contributed by atoms with E-state index in [0.29, 0.717) is 6.61 Å². The average Bonchev–Trinajstić information content (AvgIpc) is 2.42. The molecule has 0 bridgehead atoms. The van der Waals surface area contributed by atoms with Crippen molar-refractivity contribution >= 4 is 5.97 Å². The summed E-state index contributed by atoms with van der Waals surface area (Å²) in [5.74, 6) is -0.797. The Balaban J connectivity index is 2.25. The van der Waals surface area contributed by atoms with Gasteiger partial charge in [-0.05, 0) is 24.5 Å². The summed E-state index contributed by atoms with van der Waals surface area (Å²) in [5, 5.41) is 8.71. The standard InChI is InChI=1S/C17H26O3/c1-3-4-5-6-7-14(2)20-13-16-10-8-15(9-11-16)12-17(18)19/h8-11,14H,3-7,12-13H2,1-2H3,(H,18,19). The van der Waals surface area contributed by atoms with Crippen LogP contribution in [0.1, 0.15) is 57.1 Å². The van der Waals surface area contributed by atoms with E-state index in [-0.39, 0.29) is 12.5 Å². The van der Waals surface area contributed by atoms with Crippen LogP contribution in [-0.4, -0.2) is 17.2 Å². The Morgan fingerprint density at radius 2 is 1.80 bits per heavy atom. The number of aliphatic carboxylic acids is 1. The highest BCUT2D eigenvalue weighted by molar-refractivity contribution is 5.70. The molecule has 0 spiro atoms. The van der Waals surface area contributed by atoms with E-state index in [1.807, 2.05) is 24.3 Å². The lowest BCUT2D eigenvalue weighted by molar-refractivity contribution is -0.136. The lowest BCUT2D eigenvalue weighted by Gasteiger charge is -2.13. The largest absolute Gasteiger partial charge is 0.481 e. The molecular formula is C17H26O3. The number of benzene rings is 1. The normalized spacial score (nSPS) is 12.3. The van der Waals surface area contributed by atoms with E-state index in [1.54, 1.807) is 0 Å². The highest BCUT2D eigenvalue weighted by Gasteiger charge is 2.04. The van der Waals surface area contributed by atoms with Crippen molar-refractivity contribution in [3.05, 3.63) is 35.4 Å². The fourth-order valence-corrected chi connectivity index (χ4v) is 2.11. The molecule has 20 heavy (non-hydrogen) atoms. The van der Waals surface area contributed by atoms with Crippen LogP contribution in [0.2, 0.25) is 0 Å². The molecule has 0 aromatic heterocycles. The monoisotopic (exact) mass is 278 g/mol. The maximum atomic E-state index is 10.6. The molecule has 3 heteroatoms. The van der Waals surface area contributed by atoms with E-state index >= 15 is 0 Å². The van der Waals surface area contributed by atoms with Gasteiger partial charge in [0.05, 0.1) is 19.1 Å². The van der Waals surface area contributed by atoms with Crippen LogP contribution in [0.15, 0.2) is 24.3 Å². The van der Waals surface area contributed by atoms with E-state index in [9.17, 15) is 4.79 Å². The van der Waals surface area contributed by atoms with Gasteiger partial charge in [0, 0.05) is 0 Å². The summed E-state index contributed by atoms with van der Waals surface area (Å²) >= 11 is 0. The van der Waals surface area contributed by atoms with Crippen molar-refractivity contribution in [1.29, 1.82) is 0 Å². The molecule has 1 N–H and O–H groups in total. The number of hydrogen-bond donors (Lipinski definition) is 1. The van der Waals surface area contributed by atoms with E-state index in [2.05, 4.69) is 13.8 Å². The first-order valence-corrected chi connectivity index (χ1v) is 7.53. The lowest BCUT2D eigenvalue weighted by Crippen LogP contribution is -2.08. The van der Waals surface area contributed by atoms with Crippen molar-refractivity contribution in [2.45, 2.75) is 65.1 Å². The van der Waals surface area contributed by atoms with Gasteiger partial charge in [0.2, 0.25) is 0 Å². The van der Waals surface area contributed by atoms with Gasteiger partial charge in [-0.15, -0.1) is 0 Å². The third kappa shape index (κ3) is 7.29. The Morgan fingerprint density at radius 3 is 2.40 bits per heavy atom. The Kier molecular flexibility index (Phi) is 7.97. The summed E-state index contributed by atoms with van der Waals surface area (Å²) in [6.07, 6.45) is 6.55. The van der Waals surface area contributed by atoms with Gasteiger partial charge < -0.3 is 9.84 Å². The minimum atomic E-state index is -0.797. The van der Waals surface area contributed by atoms with E-state index in [1.165, 1.54) is 25.7 Å². The molecule has 1 aromatic carbocycles. The SMILES string of the molecule is CCCCCCC(C)OCc1ccc(CC(=O)O)cc1. The summed E-state index contributed by atoms with van der Waals surface area (Å²) in [7, 11) is 0. The maximum Gasteiger partial charge on any atom is 0.307 e. The van der Waals surface area contributed by atoms with Crippen molar-refractivity contribution in [3.8, 4) is 0 Å². The maximum absolute atomic E-state index is 10.6. The van der Waals surface area contributed by atoms with Crippen LogP contribution < -0.4 is 0 Å². The van der Waals surface area contributed by atoms with E-state index < -0.39 is 5.97 Å². The number of hydrogen-bond acceptors (Lipinski definition) is 2. The molecular weight excluding hydrogens is 252 g/mol.